The van der Waals surface area contributed by atoms with Gasteiger partial charge in [0.05, 0.1) is 0 Å². The highest BCUT2D eigenvalue weighted by molar-refractivity contribution is 5.47. The molecule has 1 N–H and O–H groups in total. The molecule has 12 fully saturated rings. The Morgan fingerprint density at radius 3 is 0.864 bits per heavy atom. The van der Waals surface area contributed by atoms with Crippen LogP contribution >= 0.6 is 0 Å². The maximum Gasteiger partial charge on any atom is 0.0496 e. The fourth-order valence-electron chi connectivity index (χ4n) is 16.0. The van der Waals surface area contributed by atoms with Gasteiger partial charge in [0.25, 0.3) is 0 Å². The summed E-state index contributed by atoms with van der Waals surface area (Å²) in [5.41, 5.74) is 0.498. The summed E-state index contributed by atoms with van der Waals surface area (Å²) >= 11 is 0. The summed E-state index contributed by atoms with van der Waals surface area (Å²) in [6.07, 6.45) is 0. The van der Waals surface area contributed by atoms with Gasteiger partial charge in [-0.3, -0.25) is 0 Å². The third kappa shape index (κ3) is 0.431. The van der Waals surface area contributed by atoms with E-state index in [-0.39, 0.29) is 0 Å². The average Bonchev–Trinajstić information content (AvgIpc) is 3.18. The van der Waals surface area contributed by atoms with Crippen LogP contribution in [-0.4, -0.2) is 11.7 Å². The minimum atomic E-state index is 0.498. The Kier molecular flexibility index (Phi) is 0.876. The average molecular weight is 290 g/mol. The van der Waals surface area contributed by atoms with Gasteiger partial charge >= 0.3 is 0 Å². The van der Waals surface area contributed by atoms with Crippen molar-refractivity contribution in [2.75, 3.05) is 6.61 Å². The zero-order valence-electron chi connectivity index (χ0n) is 12.6. The lowest BCUT2D eigenvalue weighted by Gasteiger charge is -2.38. The van der Waals surface area contributed by atoms with Crippen molar-refractivity contribution < 1.29 is 5.11 Å². The van der Waals surface area contributed by atoms with Crippen molar-refractivity contribution in [2.24, 2.45) is 118 Å². The normalized spacial score (nSPS) is 103. The Morgan fingerprint density at radius 2 is 0.636 bits per heavy atom. The molecule has 0 aliphatic heterocycles. The maximum atomic E-state index is 10.8. The Bertz CT molecular complexity index is 626. The zero-order chi connectivity index (χ0) is 13.2. The molecule has 12 aliphatic carbocycles. The second-order valence-corrected chi connectivity index (χ2v) is 12.1. The molecule has 0 spiro atoms. The fourth-order valence-corrected chi connectivity index (χ4v) is 16.0. The quantitative estimate of drug-likeness (QED) is 0.781. The molecule has 12 aliphatic rings. The molecule has 12 saturated carbocycles. The van der Waals surface area contributed by atoms with Crippen molar-refractivity contribution in [3.05, 3.63) is 0 Å². The van der Waals surface area contributed by atoms with Crippen LogP contribution in [0.1, 0.15) is 0 Å². The molecule has 1 nitrogen and oxygen atoms in total. The molecule has 0 aromatic heterocycles. The molecule has 22 heavy (non-hydrogen) atoms. The van der Waals surface area contributed by atoms with E-state index in [1.165, 1.54) is 59.2 Å². The molecule has 0 bridgehead atoms. The molecule has 0 aromatic carbocycles. The van der Waals surface area contributed by atoms with E-state index >= 15 is 0 Å². The van der Waals surface area contributed by atoms with Crippen LogP contribution in [0, 0.1) is 118 Å². The van der Waals surface area contributed by atoms with Crippen molar-refractivity contribution in [2.45, 2.75) is 0 Å². The van der Waals surface area contributed by atoms with E-state index in [2.05, 4.69) is 0 Å². The van der Waals surface area contributed by atoms with E-state index in [0.717, 1.165) is 53.3 Å². The van der Waals surface area contributed by atoms with Crippen LogP contribution in [0.15, 0.2) is 0 Å². The van der Waals surface area contributed by atoms with Gasteiger partial charge in [0.2, 0.25) is 0 Å². The van der Waals surface area contributed by atoms with Crippen molar-refractivity contribution >= 4 is 0 Å². The van der Waals surface area contributed by atoms with Crippen molar-refractivity contribution in [3.8, 4) is 0 Å². The van der Waals surface area contributed by atoms with Gasteiger partial charge in [0.15, 0.2) is 0 Å². The van der Waals surface area contributed by atoms with Crippen LogP contribution in [0.5, 0.6) is 0 Å². The summed E-state index contributed by atoms with van der Waals surface area (Å²) in [6, 6.07) is 0. The van der Waals surface area contributed by atoms with Gasteiger partial charge in [-0.15, -0.1) is 0 Å². The molecule has 12 rings (SSSR count). The second-order valence-electron chi connectivity index (χ2n) is 12.1. The van der Waals surface area contributed by atoms with Crippen LogP contribution in [0.25, 0.3) is 0 Å². The summed E-state index contributed by atoms with van der Waals surface area (Å²) in [7, 11) is 0. The first-order valence-corrected chi connectivity index (χ1v) is 10.5. The van der Waals surface area contributed by atoms with Crippen LogP contribution in [0.3, 0.4) is 0 Å². The largest absolute Gasteiger partial charge is 0.396 e. The van der Waals surface area contributed by atoms with E-state index in [0.29, 0.717) is 12.0 Å². The highest BCUT2D eigenvalue weighted by atomic mass is 16.3. The van der Waals surface area contributed by atoms with Gasteiger partial charge in [-0.25, -0.2) is 0 Å². The van der Waals surface area contributed by atoms with Crippen molar-refractivity contribution in [1.29, 1.82) is 0 Å². The molecule has 112 valence electrons. The Hall–Kier alpha value is -0.0400. The third-order valence-electron chi connectivity index (χ3n) is 14.0. The summed E-state index contributed by atoms with van der Waals surface area (Å²) in [5, 5.41) is 10.8. The number of aliphatic hydroxyl groups excluding tert-OH is 1. The first kappa shape index (κ1) is 9.44. The van der Waals surface area contributed by atoms with Crippen LogP contribution in [-0.2, 0) is 0 Å². The predicted molar refractivity (Wildman–Crippen MR) is 75.8 cm³/mol. The second kappa shape index (κ2) is 2.04. The van der Waals surface area contributed by atoms with Crippen LogP contribution in [0.2, 0.25) is 0 Å². The SMILES string of the molecule is OCC12C3[C@@H]4[C@@H]5C6C7C8[C@@H]9[C@@H]6[C@@H]4C1[C@H]9[C@H]1C2[C@H]2[C@@H](C7[C@@H]5[C@@H]32)[C@H]81. The minimum absolute atomic E-state index is 0.498. The first-order valence-electron chi connectivity index (χ1n) is 10.5. The molecular weight excluding hydrogens is 268 g/mol. The lowest BCUT2D eigenvalue weighted by molar-refractivity contribution is 0.0163. The zero-order valence-corrected chi connectivity index (χ0v) is 12.6. The molecule has 1 heteroatoms. The number of aliphatic hydroxyl groups is 1. The number of hydrogen-bond donors (Lipinski definition) is 1. The molecule has 20 atom stereocenters. The Balaban J connectivity index is 1.46. The van der Waals surface area contributed by atoms with Gasteiger partial charge in [0.1, 0.15) is 0 Å². The summed E-state index contributed by atoms with van der Waals surface area (Å²) in [4.78, 5) is 0. The van der Waals surface area contributed by atoms with E-state index in [1.807, 2.05) is 0 Å². The molecular formula is C21H22O. The standard InChI is InChI=1S/C21H22O/c22-1-21-18-12-6-3-2-4-8(6)14(18)16-10(4)11-5(2)9-7(3)13(12)19(21)15(9)17(11)20(16)21/h2-20,22H,1H2/t2?,3?,4?,5?,6-,7-,8-,9+,10+,11+,12-,13+,14-,15+,16+,17-,18?,19?,20?,21?/m0/s1. The van der Waals surface area contributed by atoms with Gasteiger partial charge < -0.3 is 5.11 Å². The topological polar surface area (TPSA) is 20.2 Å². The Labute approximate surface area is 130 Å². The summed E-state index contributed by atoms with van der Waals surface area (Å²) < 4.78 is 0. The smallest absolute Gasteiger partial charge is 0.0496 e. The van der Waals surface area contributed by atoms with Gasteiger partial charge in [-0.2, -0.15) is 0 Å². The lowest BCUT2D eigenvalue weighted by Crippen LogP contribution is -2.39. The fraction of sp³-hybridized carbons (Fsp3) is 1.00. The van der Waals surface area contributed by atoms with E-state index in [9.17, 15) is 5.11 Å². The van der Waals surface area contributed by atoms with E-state index in [1.54, 1.807) is 0 Å². The van der Waals surface area contributed by atoms with E-state index in [4.69, 9.17) is 0 Å². The van der Waals surface area contributed by atoms with Crippen LogP contribution < -0.4 is 0 Å². The van der Waals surface area contributed by atoms with Gasteiger partial charge in [0, 0.05) is 12.0 Å². The summed E-state index contributed by atoms with van der Waals surface area (Å²) in [5.74, 6) is 22.2. The number of hydrogen-bond acceptors (Lipinski definition) is 1. The van der Waals surface area contributed by atoms with Gasteiger partial charge in [-0.05, 0) is 112 Å². The van der Waals surface area contributed by atoms with Crippen LogP contribution in [0.4, 0.5) is 0 Å². The minimum Gasteiger partial charge on any atom is -0.396 e. The molecule has 0 radical (unpaired) electrons. The first-order chi connectivity index (χ1) is 10.9. The highest BCUT2D eigenvalue weighted by Crippen LogP contribution is 3.04. The van der Waals surface area contributed by atoms with Gasteiger partial charge in [-0.1, -0.05) is 0 Å². The molecule has 0 amide bonds. The Morgan fingerprint density at radius 1 is 0.409 bits per heavy atom. The highest BCUT2D eigenvalue weighted by Gasteiger charge is 3.01. The monoisotopic (exact) mass is 290 g/mol. The molecule has 8 unspecified atom stereocenters. The third-order valence-corrected chi connectivity index (χ3v) is 14.0. The molecule has 0 heterocycles. The lowest BCUT2D eigenvalue weighted by atomic mass is 9.67. The predicted octanol–water partition coefficient (Wildman–Crippen LogP) is 1.82. The maximum absolute atomic E-state index is 10.8. The van der Waals surface area contributed by atoms with Crippen molar-refractivity contribution in [1.82, 2.24) is 0 Å². The number of rotatable bonds is 1. The molecule has 0 saturated heterocycles. The molecule has 0 aromatic rings. The van der Waals surface area contributed by atoms with Crippen molar-refractivity contribution in [3.63, 3.8) is 0 Å². The van der Waals surface area contributed by atoms with E-state index < -0.39 is 0 Å². The summed E-state index contributed by atoms with van der Waals surface area (Å²) in [6.45, 7) is 0.613.